The van der Waals surface area contributed by atoms with Crippen LogP contribution in [-0.2, 0) is 6.54 Å². The van der Waals surface area contributed by atoms with Gasteiger partial charge in [-0.1, -0.05) is 0 Å². The van der Waals surface area contributed by atoms with Gasteiger partial charge in [0, 0.05) is 18.6 Å². The summed E-state index contributed by atoms with van der Waals surface area (Å²) in [6.07, 6.45) is 1.71. The van der Waals surface area contributed by atoms with Crippen molar-refractivity contribution in [2.75, 3.05) is 17.7 Å². The van der Waals surface area contributed by atoms with Crippen LogP contribution in [0.5, 0.6) is 0 Å². The van der Waals surface area contributed by atoms with Gasteiger partial charge in [0.1, 0.15) is 16.6 Å². The molecule has 0 radical (unpaired) electrons. The van der Waals surface area contributed by atoms with Crippen LogP contribution in [-0.4, -0.2) is 21.9 Å². The fourth-order valence-corrected chi connectivity index (χ4v) is 1.90. The summed E-state index contributed by atoms with van der Waals surface area (Å²) in [5.74, 6) is 0.898. The molecule has 0 bridgehead atoms. The van der Waals surface area contributed by atoms with Crippen LogP contribution in [0.3, 0.4) is 0 Å². The minimum atomic E-state index is -0.447. The summed E-state index contributed by atoms with van der Waals surface area (Å²) in [4.78, 5) is 18.6. The number of nitrogens with one attached hydrogen (secondary N) is 2. The van der Waals surface area contributed by atoms with Gasteiger partial charge < -0.3 is 10.6 Å². The van der Waals surface area contributed by atoms with Crippen molar-refractivity contribution in [3.05, 3.63) is 38.8 Å². The maximum Gasteiger partial charge on any atom is 0.276 e. The number of pyridine rings is 1. The van der Waals surface area contributed by atoms with E-state index in [0.29, 0.717) is 18.2 Å². The van der Waals surface area contributed by atoms with E-state index in [9.17, 15) is 10.1 Å². The van der Waals surface area contributed by atoms with Crippen LogP contribution >= 0.6 is 11.3 Å². The predicted molar refractivity (Wildman–Crippen MR) is 69.9 cm³/mol. The first-order valence-electron chi connectivity index (χ1n) is 5.15. The molecule has 8 heteroatoms. The molecule has 2 aromatic heterocycles. The van der Waals surface area contributed by atoms with Gasteiger partial charge in [0.05, 0.1) is 23.6 Å². The second-order valence-corrected chi connectivity index (χ2v) is 4.36. The first kappa shape index (κ1) is 12.2. The van der Waals surface area contributed by atoms with Crippen LogP contribution in [0.2, 0.25) is 0 Å². The zero-order chi connectivity index (χ0) is 13.0. The number of thiazole rings is 1. The number of nitrogens with zero attached hydrogens (tertiary/aromatic N) is 3. The van der Waals surface area contributed by atoms with Crippen molar-refractivity contribution in [1.82, 2.24) is 9.97 Å². The molecule has 0 aromatic carbocycles. The number of hydrogen-bond donors (Lipinski definition) is 2. The molecule has 2 heterocycles. The van der Waals surface area contributed by atoms with Crippen LogP contribution < -0.4 is 10.6 Å². The summed E-state index contributed by atoms with van der Waals surface area (Å²) < 4.78 is 0. The molecule has 0 saturated heterocycles. The van der Waals surface area contributed by atoms with Crippen LogP contribution in [0.1, 0.15) is 5.01 Å². The normalized spacial score (nSPS) is 10.1. The maximum atomic E-state index is 10.8. The summed E-state index contributed by atoms with van der Waals surface area (Å²) in [5, 5.41) is 19.3. The first-order valence-corrected chi connectivity index (χ1v) is 6.03. The van der Waals surface area contributed by atoms with Crippen molar-refractivity contribution >= 4 is 28.7 Å². The molecule has 0 aliphatic heterocycles. The Bertz CT molecular complexity index is 543. The van der Waals surface area contributed by atoms with E-state index in [2.05, 4.69) is 20.6 Å². The third kappa shape index (κ3) is 2.92. The summed E-state index contributed by atoms with van der Waals surface area (Å²) in [6, 6.07) is 2.78. The van der Waals surface area contributed by atoms with Crippen LogP contribution in [0.25, 0.3) is 0 Å². The second-order valence-electron chi connectivity index (χ2n) is 3.38. The van der Waals surface area contributed by atoms with Crippen molar-refractivity contribution in [2.24, 2.45) is 0 Å². The molecule has 7 nitrogen and oxygen atoms in total. The molecular formula is C10H11N5O2S. The lowest BCUT2D eigenvalue weighted by Gasteiger charge is -2.06. The molecule has 0 unspecified atom stereocenters. The average molecular weight is 265 g/mol. The SMILES string of the molecule is CNc1cc([N+](=O)[O-])cc(NCc2nccs2)n1. The van der Waals surface area contributed by atoms with Gasteiger partial charge in [-0.05, 0) is 0 Å². The predicted octanol–water partition coefficient (Wildman–Crippen LogP) is 2.10. The Morgan fingerprint density at radius 1 is 1.44 bits per heavy atom. The summed E-state index contributed by atoms with van der Waals surface area (Å²) in [6.45, 7) is 0.495. The fourth-order valence-electron chi connectivity index (χ4n) is 1.35. The van der Waals surface area contributed by atoms with E-state index in [1.54, 1.807) is 13.2 Å². The summed E-state index contributed by atoms with van der Waals surface area (Å²) >= 11 is 1.51. The Morgan fingerprint density at radius 2 is 2.22 bits per heavy atom. The minimum Gasteiger partial charge on any atom is -0.373 e. The topological polar surface area (TPSA) is 93.0 Å². The van der Waals surface area contributed by atoms with E-state index in [-0.39, 0.29) is 5.69 Å². The smallest absolute Gasteiger partial charge is 0.276 e. The molecule has 2 aromatic rings. The summed E-state index contributed by atoms with van der Waals surface area (Å²) in [5.41, 5.74) is -0.00371. The van der Waals surface area contributed by atoms with Crippen molar-refractivity contribution in [3.8, 4) is 0 Å². The molecule has 0 spiro atoms. The third-order valence-corrected chi connectivity index (χ3v) is 2.96. The highest BCUT2D eigenvalue weighted by Crippen LogP contribution is 2.20. The van der Waals surface area contributed by atoms with Gasteiger partial charge in [-0.15, -0.1) is 11.3 Å². The van der Waals surface area contributed by atoms with Crippen LogP contribution in [0.4, 0.5) is 17.3 Å². The Balaban J connectivity index is 2.16. The fraction of sp³-hybridized carbons (Fsp3) is 0.200. The quantitative estimate of drug-likeness (QED) is 0.635. The number of anilines is 2. The van der Waals surface area contributed by atoms with Crippen molar-refractivity contribution in [2.45, 2.75) is 6.54 Å². The summed E-state index contributed by atoms with van der Waals surface area (Å²) in [7, 11) is 1.66. The lowest BCUT2D eigenvalue weighted by molar-refractivity contribution is -0.384. The molecule has 94 valence electrons. The van der Waals surface area contributed by atoms with Crippen molar-refractivity contribution < 1.29 is 4.92 Å². The van der Waals surface area contributed by atoms with Crippen molar-refractivity contribution in [3.63, 3.8) is 0 Å². The van der Waals surface area contributed by atoms with Gasteiger partial charge >= 0.3 is 0 Å². The lowest BCUT2D eigenvalue weighted by atomic mass is 10.3. The van der Waals surface area contributed by atoms with E-state index in [1.165, 1.54) is 23.5 Å². The first-order chi connectivity index (χ1) is 8.69. The Labute approximate surface area is 107 Å². The number of aromatic nitrogens is 2. The van der Waals surface area contributed by atoms with E-state index in [4.69, 9.17) is 0 Å². The molecule has 2 N–H and O–H groups in total. The molecule has 18 heavy (non-hydrogen) atoms. The Kier molecular flexibility index (Phi) is 3.68. The highest BCUT2D eigenvalue weighted by Gasteiger charge is 2.10. The second kappa shape index (κ2) is 5.41. The molecule has 0 amide bonds. The lowest BCUT2D eigenvalue weighted by Crippen LogP contribution is -2.04. The number of rotatable bonds is 5. The minimum absolute atomic E-state index is 0.00371. The van der Waals surface area contributed by atoms with E-state index < -0.39 is 4.92 Å². The molecular weight excluding hydrogens is 254 g/mol. The van der Waals surface area contributed by atoms with Gasteiger partial charge in [-0.3, -0.25) is 10.1 Å². The van der Waals surface area contributed by atoms with Gasteiger partial charge in [0.2, 0.25) is 0 Å². The highest BCUT2D eigenvalue weighted by atomic mass is 32.1. The zero-order valence-corrected chi connectivity index (χ0v) is 10.4. The van der Waals surface area contributed by atoms with Crippen molar-refractivity contribution in [1.29, 1.82) is 0 Å². The number of nitro groups is 1. The molecule has 0 aliphatic carbocycles. The monoisotopic (exact) mass is 265 g/mol. The van der Waals surface area contributed by atoms with Gasteiger partial charge in [-0.25, -0.2) is 9.97 Å². The van der Waals surface area contributed by atoms with Crippen LogP contribution in [0.15, 0.2) is 23.7 Å². The molecule has 0 atom stereocenters. The van der Waals surface area contributed by atoms with E-state index >= 15 is 0 Å². The highest BCUT2D eigenvalue weighted by molar-refractivity contribution is 7.09. The zero-order valence-electron chi connectivity index (χ0n) is 9.58. The largest absolute Gasteiger partial charge is 0.373 e. The molecule has 0 saturated carbocycles. The van der Waals surface area contributed by atoms with Crippen LogP contribution in [0, 0.1) is 10.1 Å². The average Bonchev–Trinajstić information content (AvgIpc) is 2.89. The Hall–Kier alpha value is -2.22. The number of hydrogen-bond acceptors (Lipinski definition) is 7. The Morgan fingerprint density at radius 3 is 2.83 bits per heavy atom. The van der Waals surface area contributed by atoms with E-state index in [0.717, 1.165) is 5.01 Å². The molecule has 2 rings (SSSR count). The van der Waals surface area contributed by atoms with Gasteiger partial charge in [-0.2, -0.15) is 0 Å². The van der Waals surface area contributed by atoms with Gasteiger partial charge in [0.25, 0.3) is 5.69 Å². The van der Waals surface area contributed by atoms with E-state index in [1.807, 2.05) is 5.38 Å². The standard InChI is InChI=1S/C10H11N5O2S/c1-11-8-4-7(15(16)17)5-9(14-8)13-6-10-12-2-3-18-10/h2-5H,6H2,1H3,(H2,11,13,14). The molecule has 0 aliphatic rings. The third-order valence-electron chi connectivity index (χ3n) is 2.18. The maximum absolute atomic E-state index is 10.8. The van der Waals surface area contributed by atoms with Gasteiger partial charge in [0.15, 0.2) is 0 Å². The molecule has 0 fully saturated rings.